The molecule has 1 aromatic carbocycles. The van der Waals surface area contributed by atoms with E-state index in [2.05, 4.69) is 0 Å². The normalized spacial score (nSPS) is 27.2. The van der Waals surface area contributed by atoms with Gasteiger partial charge in [-0.3, -0.25) is 0 Å². The van der Waals surface area contributed by atoms with Gasteiger partial charge in [0.2, 0.25) is 0 Å². The Morgan fingerprint density at radius 2 is 2.07 bits per heavy atom. The van der Waals surface area contributed by atoms with Gasteiger partial charge in [0.1, 0.15) is 6.61 Å². The van der Waals surface area contributed by atoms with Crippen LogP contribution < -0.4 is 0 Å². The van der Waals surface area contributed by atoms with Crippen LogP contribution in [0, 0.1) is 0 Å². The molecule has 0 amide bonds. The minimum Gasteiger partial charge on any atom is -0.366 e. The fourth-order valence-corrected chi connectivity index (χ4v) is 1.27. The van der Waals surface area contributed by atoms with Gasteiger partial charge in [-0.05, 0) is 11.6 Å². The van der Waals surface area contributed by atoms with E-state index in [1.807, 2.05) is 36.4 Å². The second-order valence-electron chi connectivity index (χ2n) is 3.06. The third-order valence-electron chi connectivity index (χ3n) is 1.94. The topological polar surface area (TPSA) is 38.7 Å². The fraction of sp³-hybridized carbons (Fsp3) is 0.273. The summed E-state index contributed by atoms with van der Waals surface area (Å²) in [6.45, 7) is 0.240. The van der Waals surface area contributed by atoms with E-state index in [4.69, 9.17) is 14.6 Å². The van der Waals surface area contributed by atoms with Gasteiger partial charge in [-0.1, -0.05) is 36.4 Å². The van der Waals surface area contributed by atoms with Crippen LogP contribution in [0.2, 0.25) is 0 Å². The molecule has 1 saturated heterocycles. The molecule has 2 unspecified atom stereocenters. The van der Waals surface area contributed by atoms with Crippen LogP contribution >= 0.6 is 0 Å². The minimum atomic E-state index is -0.791. The van der Waals surface area contributed by atoms with Gasteiger partial charge in [0.05, 0.1) is 0 Å². The molecule has 1 heterocycles. The van der Waals surface area contributed by atoms with Gasteiger partial charge < -0.3 is 14.6 Å². The maximum atomic E-state index is 9.02. The molecule has 0 aliphatic carbocycles. The Morgan fingerprint density at radius 1 is 1.29 bits per heavy atom. The Bertz CT molecular complexity index is 308. The molecular formula is C11H12O3. The van der Waals surface area contributed by atoms with E-state index in [9.17, 15) is 0 Å². The molecule has 2 atom stereocenters. The zero-order valence-electron chi connectivity index (χ0n) is 7.67. The quantitative estimate of drug-likeness (QED) is 0.769. The first-order chi connectivity index (χ1) is 6.84. The van der Waals surface area contributed by atoms with Crippen LogP contribution in [0.4, 0.5) is 0 Å². The molecule has 0 saturated carbocycles. The van der Waals surface area contributed by atoms with Gasteiger partial charge in [-0.15, -0.1) is 0 Å². The Balaban J connectivity index is 1.94. The summed E-state index contributed by atoms with van der Waals surface area (Å²) in [6.07, 6.45) is 2.47. The molecule has 0 bridgehead atoms. The third kappa shape index (κ3) is 2.42. The molecule has 1 fully saturated rings. The van der Waals surface area contributed by atoms with Crippen LogP contribution in [0.25, 0.3) is 6.08 Å². The number of hydrogen-bond acceptors (Lipinski definition) is 3. The smallest absolute Gasteiger partial charge is 0.181 e. The van der Waals surface area contributed by atoms with E-state index in [-0.39, 0.29) is 6.61 Å². The second kappa shape index (κ2) is 4.37. The third-order valence-corrected chi connectivity index (χ3v) is 1.94. The van der Waals surface area contributed by atoms with Crippen molar-refractivity contribution in [3.8, 4) is 0 Å². The van der Waals surface area contributed by atoms with Gasteiger partial charge in [0.25, 0.3) is 0 Å². The molecular weight excluding hydrogens is 180 g/mol. The standard InChI is InChI=1S/C11H12O3/c12-10-8-13-11(14-10)7-6-9-4-2-1-3-5-9/h1-7,10-12H,8H2/b7-6+. The number of ether oxygens (including phenoxy) is 2. The average Bonchev–Trinajstić information content (AvgIpc) is 2.63. The SMILES string of the molecule is OC1COC(/C=C/c2ccccc2)O1. The van der Waals surface area contributed by atoms with Crippen molar-refractivity contribution >= 4 is 6.08 Å². The van der Waals surface area contributed by atoms with Crippen LogP contribution in [0.3, 0.4) is 0 Å². The summed E-state index contributed by atoms with van der Waals surface area (Å²) >= 11 is 0. The van der Waals surface area contributed by atoms with Gasteiger partial charge in [0, 0.05) is 0 Å². The Labute approximate surface area is 82.6 Å². The monoisotopic (exact) mass is 192 g/mol. The Hall–Kier alpha value is -1.16. The summed E-state index contributed by atoms with van der Waals surface area (Å²) in [5, 5.41) is 9.02. The molecule has 3 nitrogen and oxygen atoms in total. The van der Waals surface area contributed by atoms with Crippen molar-refractivity contribution in [1.82, 2.24) is 0 Å². The number of aliphatic hydroxyl groups is 1. The second-order valence-corrected chi connectivity index (χ2v) is 3.06. The van der Waals surface area contributed by atoms with Crippen molar-refractivity contribution in [2.45, 2.75) is 12.6 Å². The first-order valence-corrected chi connectivity index (χ1v) is 4.53. The van der Waals surface area contributed by atoms with Crippen LogP contribution in [0.1, 0.15) is 5.56 Å². The lowest BCUT2D eigenvalue weighted by Gasteiger charge is -2.02. The number of rotatable bonds is 2. The van der Waals surface area contributed by atoms with E-state index >= 15 is 0 Å². The lowest BCUT2D eigenvalue weighted by molar-refractivity contribution is -0.0905. The highest BCUT2D eigenvalue weighted by atomic mass is 16.8. The highest BCUT2D eigenvalue weighted by molar-refractivity contribution is 5.48. The molecule has 1 aliphatic heterocycles. The van der Waals surface area contributed by atoms with E-state index in [0.29, 0.717) is 0 Å². The molecule has 2 rings (SSSR count). The van der Waals surface area contributed by atoms with E-state index in [1.165, 1.54) is 0 Å². The van der Waals surface area contributed by atoms with Crippen molar-refractivity contribution in [3.05, 3.63) is 42.0 Å². The molecule has 3 heteroatoms. The zero-order valence-corrected chi connectivity index (χ0v) is 7.67. The molecule has 0 radical (unpaired) electrons. The van der Waals surface area contributed by atoms with Crippen LogP contribution in [0.15, 0.2) is 36.4 Å². The summed E-state index contributed by atoms with van der Waals surface area (Å²) in [5.41, 5.74) is 1.08. The van der Waals surface area contributed by atoms with Gasteiger partial charge >= 0.3 is 0 Å². The van der Waals surface area contributed by atoms with Crippen LogP contribution in [0.5, 0.6) is 0 Å². The molecule has 1 N–H and O–H groups in total. The summed E-state index contributed by atoms with van der Waals surface area (Å²) < 4.78 is 10.2. The molecule has 14 heavy (non-hydrogen) atoms. The Morgan fingerprint density at radius 3 is 2.71 bits per heavy atom. The highest BCUT2D eigenvalue weighted by Crippen LogP contribution is 2.12. The first kappa shape index (κ1) is 9.40. The largest absolute Gasteiger partial charge is 0.366 e. The maximum absolute atomic E-state index is 9.02. The summed E-state index contributed by atoms with van der Waals surface area (Å²) in [6, 6.07) is 9.86. The number of benzene rings is 1. The highest BCUT2D eigenvalue weighted by Gasteiger charge is 2.20. The average molecular weight is 192 g/mol. The van der Waals surface area contributed by atoms with E-state index in [1.54, 1.807) is 6.08 Å². The van der Waals surface area contributed by atoms with Crippen molar-refractivity contribution in [3.63, 3.8) is 0 Å². The lowest BCUT2D eigenvalue weighted by atomic mass is 10.2. The number of aliphatic hydroxyl groups excluding tert-OH is 1. The van der Waals surface area contributed by atoms with E-state index in [0.717, 1.165) is 5.56 Å². The Kier molecular flexibility index (Phi) is 2.93. The summed E-state index contributed by atoms with van der Waals surface area (Å²) in [5.74, 6) is 0. The lowest BCUT2D eigenvalue weighted by Crippen LogP contribution is -2.08. The predicted octanol–water partition coefficient (Wildman–Crippen LogP) is 1.39. The molecule has 0 aromatic heterocycles. The fourth-order valence-electron chi connectivity index (χ4n) is 1.27. The van der Waals surface area contributed by atoms with Gasteiger partial charge in [0.15, 0.2) is 12.6 Å². The van der Waals surface area contributed by atoms with Crippen molar-refractivity contribution in [2.75, 3.05) is 6.61 Å². The summed E-state index contributed by atoms with van der Waals surface area (Å²) in [7, 11) is 0. The molecule has 0 spiro atoms. The summed E-state index contributed by atoms with van der Waals surface area (Å²) in [4.78, 5) is 0. The van der Waals surface area contributed by atoms with Gasteiger partial charge in [-0.25, -0.2) is 0 Å². The van der Waals surface area contributed by atoms with Crippen molar-refractivity contribution < 1.29 is 14.6 Å². The zero-order chi connectivity index (χ0) is 9.80. The minimum absolute atomic E-state index is 0.240. The van der Waals surface area contributed by atoms with Crippen LogP contribution in [-0.2, 0) is 9.47 Å². The number of hydrogen-bond donors (Lipinski definition) is 1. The predicted molar refractivity (Wildman–Crippen MR) is 52.3 cm³/mol. The van der Waals surface area contributed by atoms with Crippen molar-refractivity contribution in [2.24, 2.45) is 0 Å². The molecule has 1 aromatic rings. The molecule has 1 aliphatic rings. The van der Waals surface area contributed by atoms with Crippen LogP contribution in [-0.4, -0.2) is 24.3 Å². The van der Waals surface area contributed by atoms with Gasteiger partial charge in [-0.2, -0.15) is 0 Å². The van der Waals surface area contributed by atoms with E-state index < -0.39 is 12.6 Å². The van der Waals surface area contributed by atoms with Crippen molar-refractivity contribution in [1.29, 1.82) is 0 Å². The maximum Gasteiger partial charge on any atom is 0.181 e. The first-order valence-electron chi connectivity index (χ1n) is 4.53. The molecule has 74 valence electrons.